The maximum atomic E-state index is 13.3. The number of ether oxygens (including phenoxy) is 1. The number of fused-ring (bicyclic) bond motifs is 3. The molecule has 0 saturated carbocycles. The van der Waals surface area contributed by atoms with Crippen LogP contribution >= 0.6 is 0 Å². The predicted octanol–water partition coefficient (Wildman–Crippen LogP) is 3.68. The lowest BCUT2D eigenvalue weighted by Crippen LogP contribution is -2.48. The predicted molar refractivity (Wildman–Crippen MR) is 105 cm³/mol. The summed E-state index contributed by atoms with van der Waals surface area (Å²) in [6.45, 7) is 0.0373. The van der Waals surface area contributed by atoms with Gasteiger partial charge in [0.15, 0.2) is 9.84 Å². The first-order chi connectivity index (χ1) is 13.4. The van der Waals surface area contributed by atoms with Gasteiger partial charge in [-0.1, -0.05) is 36.4 Å². The molecule has 144 valence electrons. The molecule has 4 rings (SSSR count). The topological polar surface area (TPSA) is 83.9 Å². The highest BCUT2D eigenvalue weighted by molar-refractivity contribution is 7.92. The van der Waals surface area contributed by atoms with Gasteiger partial charge in [0.1, 0.15) is 11.1 Å². The standard InChI is InChI=1S/C21H19NO5S/c1-27-16-8-10-17(11-9-16)28(25,26)20-12-19-15(13-22(20)21(23)24)7-6-14-4-2-3-5-18(14)19/h2-11,20H,12-13H2,1H3,(H,23,24). The van der Waals surface area contributed by atoms with Crippen LogP contribution in [0.2, 0.25) is 0 Å². The third-order valence-electron chi connectivity index (χ3n) is 5.20. The van der Waals surface area contributed by atoms with Crippen molar-refractivity contribution in [1.29, 1.82) is 0 Å². The van der Waals surface area contributed by atoms with E-state index in [4.69, 9.17) is 4.74 Å². The summed E-state index contributed by atoms with van der Waals surface area (Å²) in [6, 6.07) is 17.6. The molecule has 0 aromatic heterocycles. The number of carboxylic acid groups (broad SMARTS) is 1. The van der Waals surface area contributed by atoms with Crippen LogP contribution in [0.15, 0.2) is 65.6 Å². The number of sulfone groups is 1. The summed E-state index contributed by atoms with van der Waals surface area (Å²) in [5.74, 6) is 0.536. The van der Waals surface area contributed by atoms with Gasteiger partial charge in [-0.05, 0) is 46.2 Å². The van der Waals surface area contributed by atoms with Gasteiger partial charge in [-0.25, -0.2) is 13.2 Å². The zero-order valence-corrected chi connectivity index (χ0v) is 16.0. The van der Waals surface area contributed by atoms with E-state index < -0.39 is 21.3 Å². The number of rotatable bonds is 3. The van der Waals surface area contributed by atoms with Crippen molar-refractivity contribution in [2.24, 2.45) is 0 Å². The third-order valence-corrected chi connectivity index (χ3v) is 7.26. The molecule has 0 saturated heterocycles. The van der Waals surface area contributed by atoms with E-state index in [9.17, 15) is 18.3 Å². The minimum absolute atomic E-state index is 0.0373. The molecule has 0 bridgehead atoms. The summed E-state index contributed by atoms with van der Waals surface area (Å²) in [6.07, 6.45) is -1.14. The number of benzene rings is 3. The smallest absolute Gasteiger partial charge is 0.408 e. The van der Waals surface area contributed by atoms with Gasteiger partial charge in [0.25, 0.3) is 0 Å². The van der Waals surface area contributed by atoms with Crippen LogP contribution in [0.25, 0.3) is 10.8 Å². The summed E-state index contributed by atoms with van der Waals surface area (Å²) in [5, 5.41) is 10.5. The van der Waals surface area contributed by atoms with Gasteiger partial charge >= 0.3 is 6.09 Å². The van der Waals surface area contributed by atoms with Crippen molar-refractivity contribution in [2.45, 2.75) is 23.2 Å². The average molecular weight is 397 g/mol. The number of hydrogen-bond donors (Lipinski definition) is 1. The first-order valence-corrected chi connectivity index (χ1v) is 10.3. The highest BCUT2D eigenvalue weighted by atomic mass is 32.2. The van der Waals surface area contributed by atoms with Crippen molar-refractivity contribution in [3.05, 3.63) is 71.8 Å². The van der Waals surface area contributed by atoms with E-state index in [1.54, 1.807) is 12.1 Å². The van der Waals surface area contributed by atoms with E-state index in [0.29, 0.717) is 5.75 Å². The minimum Gasteiger partial charge on any atom is -0.497 e. The molecule has 3 aromatic rings. The molecule has 7 heteroatoms. The van der Waals surface area contributed by atoms with E-state index in [1.807, 2.05) is 36.4 Å². The Hall–Kier alpha value is -3.06. The molecule has 1 amide bonds. The van der Waals surface area contributed by atoms with Crippen LogP contribution in [0.4, 0.5) is 4.79 Å². The van der Waals surface area contributed by atoms with Gasteiger partial charge in [-0.15, -0.1) is 0 Å². The molecule has 1 aliphatic heterocycles. The summed E-state index contributed by atoms with van der Waals surface area (Å²) in [5.41, 5.74) is 1.72. The Kier molecular flexibility index (Phi) is 4.47. The molecule has 0 aliphatic carbocycles. The van der Waals surface area contributed by atoms with Crippen LogP contribution < -0.4 is 4.74 Å². The van der Waals surface area contributed by atoms with Crippen molar-refractivity contribution in [3.63, 3.8) is 0 Å². The fraction of sp³-hybridized carbons (Fsp3) is 0.190. The quantitative estimate of drug-likeness (QED) is 0.729. The molecular formula is C21H19NO5S. The van der Waals surface area contributed by atoms with Gasteiger partial charge in [0.05, 0.1) is 18.6 Å². The number of amides is 1. The Balaban J connectivity index is 1.83. The Morgan fingerprint density at radius 3 is 2.46 bits per heavy atom. The fourth-order valence-corrected chi connectivity index (χ4v) is 5.45. The Labute approximate surface area is 162 Å². The second kappa shape index (κ2) is 6.83. The van der Waals surface area contributed by atoms with Crippen molar-refractivity contribution in [1.82, 2.24) is 4.90 Å². The van der Waals surface area contributed by atoms with Crippen LogP contribution in [0.3, 0.4) is 0 Å². The third kappa shape index (κ3) is 2.97. The average Bonchev–Trinajstić information content (AvgIpc) is 2.72. The molecule has 0 fully saturated rings. The molecule has 1 aliphatic rings. The first-order valence-electron chi connectivity index (χ1n) is 8.79. The van der Waals surface area contributed by atoms with E-state index >= 15 is 0 Å². The van der Waals surface area contributed by atoms with Crippen molar-refractivity contribution < 1.29 is 23.1 Å². The van der Waals surface area contributed by atoms with Crippen molar-refractivity contribution in [3.8, 4) is 5.75 Å². The van der Waals surface area contributed by atoms with E-state index in [-0.39, 0.29) is 17.9 Å². The van der Waals surface area contributed by atoms with Crippen LogP contribution in [0.5, 0.6) is 5.75 Å². The highest BCUT2D eigenvalue weighted by Crippen LogP contribution is 2.34. The monoisotopic (exact) mass is 397 g/mol. The van der Waals surface area contributed by atoms with Crippen LogP contribution in [0.1, 0.15) is 11.1 Å². The number of nitrogens with zero attached hydrogens (tertiary/aromatic N) is 1. The largest absolute Gasteiger partial charge is 0.497 e. The Bertz CT molecular complexity index is 1160. The van der Waals surface area contributed by atoms with Crippen LogP contribution in [-0.4, -0.2) is 37.0 Å². The summed E-state index contributed by atoms with van der Waals surface area (Å²) < 4.78 is 31.7. The summed E-state index contributed by atoms with van der Waals surface area (Å²) in [4.78, 5) is 12.9. The van der Waals surface area contributed by atoms with Crippen molar-refractivity contribution in [2.75, 3.05) is 7.11 Å². The number of carbonyl (C=O) groups is 1. The van der Waals surface area contributed by atoms with Gasteiger partial charge in [0, 0.05) is 6.42 Å². The fourth-order valence-electron chi connectivity index (χ4n) is 3.73. The highest BCUT2D eigenvalue weighted by Gasteiger charge is 2.40. The maximum Gasteiger partial charge on any atom is 0.408 e. The summed E-state index contributed by atoms with van der Waals surface area (Å²) >= 11 is 0. The molecule has 0 spiro atoms. The molecule has 1 atom stereocenters. The zero-order chi connectivity index (χ0) is 19.9. The lowest BCUT2D eigenvalue weighted by molar-refractivity contribution is 0.132. The minimum atomic E-state index is -3.90. The van der Waals surface area contributed by atoms with E-state index in [0.717, 1.165) is 26.8 Å². The molecule has 1 unspecified atom stereocenters. The second-order valence-electron chi connectivity index (χ2n) is 6.71. The van der Waals surface area contributed by atoms with Gasteiger partial charge in [-0.3, -0.25) is 4.90 Å². The number of hydrogen-bond acceptors (Lipinski definition) is 4. The molecule has 6 nitrogen and oxygen atoms in total. The van der Waals surface area contributed by atoms with Crippen molar-refractivity contribution >= 4 is 26.7 Å². The lowest BCUT2D eigenvalue weighted by Gasteiger charge is -2.35. The Morgan fingerprint density at radius 2 is 1.79 bits per heavy atom. The first kappa shape index (κ1) is 18.3. The van der Waals surface area contributed by atoms with Crippen LogP contribution in [-0.2, 0) is 22.8 Å². The van der Waals surface area contributed by atoms with Gasteiger partial charge in [0.2, 0.25) is 0 Å². The van der Waals surface area contributed by atoms with Gasteiger partial charge in [-0.2, -0.15) is 0 Å². The van der Waals surface area contributed by atoms with E-state index in [1.165, 1.54) is 19.2 Å². The molecule has 1 heterocycles. The molecule has 3 aromatic carbocycles. The van der Waals surface area contributed by atoms with Crippen LogP contribution in [0, 0.1) is 0 Å². The lowest BCUT2D eigenvalue weighted by atomic mass is 9.93. The maximum absolute atomic E-state index is 13.3. The summed E-state index contributed by atoms with van der Waals surface area (Å²) in [7, 11) is -2.40. The SMILES string of the molecule is COc1ccc(S(=O)(=O)C2Cc3c(ccc4ccccc34)CN2C(=O)O)cc1. The van der Waals surface area contributed by atoms with E-state index in [2.05, 4.69) is 0 Å². The molecule has 28 heavy (non-hydrogen) atoms. The molecule has 1 N–H and O–H groups in total. The molecule has 0 radical (unpaired) electrons. The zero-order valence-electron chi connectivity index (χ0n) is 15.2. The van der Waals surface area contributed by atoms with Gasteiger partial charge < -0.3 is 9.84 Å². The Morgan fingerprint density at radius 1 is 1.07 bits per heavy atom. The normalized spacial score (nSPS) is 16.6. The number of methoxy groups -OCH3 is 1. The second-order valence-corrected chi connectivity index (χ2v) is 8.82. The molecular weight excluding hydrogens is 378 g/mol.